The van der Waals surface area contributed by atoms with Gasteiger partial charge in [-0.2, -0.15) is 0 Å². The Labute approximate surface area is 135 Å². The molecule has 0 aromatic carbocycles. The number of unbranched alkanes of at least 4 members (excludes halogenated alkanes) is 7. The molecule has 3 N–H and O–H groups in total. The van der Waals surface area contributed by atoms with Crippen LogP contribution in [0.2, 0.25) is 0 Å². The van der Waals surface area contributed by atoms with Crippen molar-refractivity contribution in [2.24, 2.45) is 0 Å². The Morgan fingerprint density at radius 2 is 1.18 bits per heavy atom. The first-order valence-electron chi connectivity index (χ1n) is 9.14. The Kier molecular flexibility index (Phi) is 14.9. The number of carboxylic acid groups (broad SMARTS) is 1. The van der Waals surface area contributed by atoms with E-state index in [-0.39, 0.29) is 18.6 Å². The predicted molar refractivity (Wildman–Crippen MR) is 90.0 cm³/mol. The van der Waals surface area contributed by atoms with Gasteiger partial charge in [0, 0.05) is 6.42 Å². The molecular formula is C18H36O4. The lowest BCUT2D eigenvalue weighted by molar-refractivity contribution is -0.137. The number of rotatable bonds is 16. The molecule has 0 bridgehead atoms. The summed E-state index contributed by atoms with van der Waals surface area (Å²) in [5.74, 6) is -0.708. The first-order chi connectivity index (χ1) is 10.6. The summed E-state index contributed by atoms with van der Waals surface area (Å²) in [7, 11) is 0. The Hall–Kier alpha value is -0.610. The van der Waals surface area contributed by atoms with Crippen LogP contribution < -0.4 is 0 Å². The summed E-state index contributed by atoms with van der Waals surface area (Å²) in [6.45, 7) is 2.16. The van der Waals surface area contributed by atoms with Crippen LogP contribution in [-0.4, -0.2) is 33.5 Å². The zero-order valence-corrected chi connectivity index (χ0v) is 14.3. The minimum atomic E-state index is -0.708. The van der Waals surface area contributed by atoms with Gasteiger partial charge in [0.15, 0.2) is 0 Å². The lowest BCUT2D eigenvalue weighted by Crippen LogP contribution is -2.13. The van der Waals surface area contributed by atoms with Crippen molar-refractivity contribution in [2.45, 2.75) is 109 Å². The van der Waals surface area contributed by atoms with Gasteiger partial charge in [0.2, 0.25) is 0 Å². The summed E-state index contributed by atoms with van der Waals surface area (Å²) in [5.41, 5.74) is 0. The normalized spacial score (nSPS) is 14.0. The summed E-state index contributed by atoms with van der Waals surface area (Å²) in [6, 6.07) is 0. The van der Waals surface area contributed by atoms with Crippen LogP contribution in [0.1, 0.15) is 96.8 Å². The minimum Gasteiger partial charge on any atom is -0.481 e. The molecule has 0 spiro atoms. The van der Waals surface area contributed by atoms with E-state index in [1.54, 1.807) is 0 Å². The largest absolute Gasteiger partial charge is 0.481 e. The third kappa shape index (κ3) is 15.8. The van der Waals surface area contributed by atoms with Gasteiger partial charge in [0.05, 0.1) is 12.2 Å². The topological polar surface area (TPSA) is 77.8 Å². The minimum absolute atomic E-state index is 0.254. The Morgan fingerprint density at radius 3 is 1.68 bits per heavy atom. The van der Waals surface area contributed by atoms with Crippen LogP contribution >= 0.6 is 0 Å². The summed E-state index contributed by atoms with van der Waals surface area (Å²) in [5, 5.41) is 28.2. The summed E-state index contributed by atoms with van der Waals surface area (Å²) in [4.78, 5) is 10.3. The van der Waals surface area contributed by atoms with Gasteiger partial charge in [-0.15, -0.1) is 0 Å². The van der Waals surface area contributed by atoms with E-state index in [0.29, 0.717) is 12.8 Å². The molecular weight excluding hydrogens is 280 g/mol. The fourth-order valence-corrected chi connectivity index (χ4v) is 2.67. The molecule has 0 aromatic heterocycles. The van der Waals surface area contributed by atoms with Crippen molar-refractivity contribution in [3.05, 3.63) is 0 Å². The fraction of sp³-hybridized carbons (Fsp3) is 0.944. The molecule has 0 amide bonds. The van der Waals surface area contributed by atoms with Gasteiger partial charge < -0.3 is 15.3 Å². The quantitative estimate of drug-likeness (QED) is 0.371. The van der Waals surface area contributed by atoms with E-state index in [4.69, 9.17) is 5.11 Å². The second-order valence-electron chi connectivity index (χ2n) is 6.43. The molecule has 132 valence electrons. The maximum Gasteiger partial charge on any atom is 0.303 e. The third-order valence-corrected chi connectivity index (χ3v) is 4.15. The number of carbonyl (C=O) groups is 1. The maximum atomic E-state index is 10.3. The molecule has 22 heavy (non-hydrogen) atoms. The SMILES string of the molecule is CCCCCC(O)CCC(O)CCCCCCCCC(=O)O. The van der Waals surface area contributed by atoms with Crippen molar-refractivity contribution in [3.63, 3.8) is 0 Å². The van der Waals surface area contributed by atoms with Gasteiger partial charge in [-0.25, -0.2) is 0 Å². The molecule has 4 nitrogen and oxygen atoms in total. The van der Waals surface area contributed by atoms with Crippen molar-refractivity contribution >= 4 is 5.97 Å². The molecule has 0 heterocycles. The fourth-order valence-electron chi connectivity index (χ4n) is 2.67. The standard InChI is InChI=1S/C18H36O4/c1-2-3-8-11-16(19)14-15-17(20)12-9-6-4-5-7-10-13-18(21)22/h16-17,19-20H,2-15H2,1H3,(H,21,22). The summed E-state index contributed by atoms with van der Waals surface area (Å²) < 4.78 is 0. The summed E-state index contributed by atoms with van der Waals surface area (Å²) >= 11 is 0. The lowest BCUT2D eigenvalue weighted by Gasteiger charge is -2.14. The van der Waals surface area contributed by atoms with Crippen molar-refractivity contribution < 1.29 is 20.1 Å². The molecule has 0 fully saturated rings. The number of carboxylic acids is 1. The van der Waals surface area contributed by atoms with Gasteiger partial charge in [0.1, 0.15) is 0 Å². The van der Waals surface area contributed by atoms with Crippen LogP contribution in [-0.2, 0) is 4.79 Å². The Morgan fingerprint density at radius 1 is 0.727 bits per heavy atom. The van der Waals surface area contributed by atoms with E-state index in [9.17, 15) is 15.0 Å². The van der Waals surface area contributed by atoms with Gasteiger partial charge in [-0.1, -0.05) is 58.3 Å². The molecule has 0 radical (unpaired) electrons. The highest BCUT2D eigenvalue weighted by Crippen LogP contribution is 2.14. The third-order valence-electron chi connectivity index (χ3n) is 4.15. The number of aliphatic hydroxyl groups excluding tert-OH is 2. The molecule has 0 aliphatic rings. The molecule has 4 heteroatoms. The van der Waals surface area contributed by atoms with Crippen molar-refractivity contribution in [3.8, 4) is 0 Å². The van der Waals surface area contributed by atoms with Crippen LogP contribution in [0, 0.1) is 0 Å². The van der Waals surface area contributed by atoms with Crippen LogP contribution in [0.4, 0.5) is 0 Å². The van der Waals surface area contributed by atoms with Crippen LogP contribution in [0.5, 0.6) is 0 Å². The molecule has 2 unspecified atom stereocenters. The average Bonchev–Trinajstić information content (AvgIpc) is 2.47. The molecule has 0 aliphatic carbocycles. The predicted octanol–water partition coefficient (Wildman–Crippen LogP) is 4.27. The first-order valence-corrected chi connectivity index (χ1v) is 9.14. The zero-order chi connectivity index (χ0) is 16.6. The van der Waals surface area contributed by atoms with Gasteiger partial charge in [-0.05, 0) is 32.1 Å². The van der Waals surface area contributed by atoms with Crippen molar-refractivity contribution in [1.82, 2.24) is 0 Å². The second kappa shape index (κ2) is 15.3. The second-order valence-corrected chi connectivity index (χ2v) is 6.43. The molecule has 2 atom stereocenters. The Bertz CT molecular complexity index is 255. The molecule has 0 saturated heterocycles. The van der Waals surface area contributed by atoms with Crippen molar-refractivity contribution in [1.29, 1.82) is 0 Å². The van der Waals surface area contributed by atoms with Crippen molar-refractivity contribution in [2.75, 3.05) is 0 Å². The van der Waals surface area contributed by atoms with Gasteiger partial charge in [-0.3, -0.25) is 4.79 Å². The van der Waals surface area contributed by atoms with E-state index in [0.717, 1.165) is 57.8 Å². The van der Waals surface area contributed by atoms with E-state index < -0.39 is 5.97 Å². The van der Waals surface area contributed by atoms with E-state index in [1.165, 1.54) is 12.8 Å². The van der Waals surface area contributed by atoms with Crippen LogP contribution in [0.25, 0.3) is 0 Å². The molecule has 0 aliphatic heterocycles. The number of aliphatic carboxylic acids is 1. The monoisotopic (exact) mass is 316 g/mol. The highest BCUT2D eigenvalue weighted by atomic mass is 16.4. The molecule has 0 rings (SSSR count). The Balaban J connectivity index is 3.31. The first kappa shape index (κ1) is 21.4. The number of hydrogen-bond acceptors (Lipinski definition) is 3. The highest BCUT2D eigenvalue weighted by Gasteiger charge is 2.09. The lowest BCUT2D eigenvalue weighted by atomic mass is 10.0. The van der Waals surface area contributed by atoms with E-state index in [1.807, 2.05) is 0 Å². The smallest absolute Gasteiger partial charge is 0.303 e. The van der Waals surface area contributed by atoms with Crippen LogP contribution in [0.3, 0.4) is 0 Å². The average molecular weight is 316 g/mol. The molecule has 0 saturated carbocycles. The maximum absolute atomic E-state index is 10.3. The van der Waals surface area contributed by atoms with E-state index in [2.05, 4.69) is 6.92 Å². The van der Waals surface area contributed by atoms with Gasteiger partial charge >= 0.3 is 5.97 Å². The van der Waals surface area contributed by atoms with Gasteiger partial charge in [0.25, 0.3) is 0 Å². The zero-order valence-electron chi connectivity index (χ0n) is 14.3. The highest BCUT2D eigenvalue weighted by molar-refractivity contribution is 5.66. The number of aliphatic hydroxyl groups is 2. The number of hydrogen-bond donors (Lipinski definition) is 3. The van der Waals surface area contributed by atoms with E-state index >= 15 is 0 Å². The molecule has 0 aromatic rings. The summed E-state index contributed by atoms with van der Waals surface area (Å²) in [6.07, 6.45) is 12.3. The van der Waals surface area contributed by atoms with Crippen LogP contribution in [0.15, 0.2) is 0 Å².